The number of carboxylic acids is 1. The zero-order chi connectivity index (χ0) is 21.1. The smallest absolute Gasteiger partial charge is 0.326 e. The van der Waals surface area contributed by atoms with E-state index in [-0.39, 0.29) is 25.4 Å². The number of hydrogen-bond donors (Lipinski definition) is 5. The van der Waals surface area contributed by atoms with Crippen molar-refractivity contribution in [1.29, 1.82) is 0 Å². The number of amides is 3. The first-order valence-corrected chi connectivity index (χ1v) is 9.06. The fraction of sp³-hybridized carbons (Fsp3) is 0.474. The molecule has 0 saturated carbocycles. The molecule has 0 saturated heterocycles. The maximum Gasteiger partial charge on any atom is 0.326 e. The largest absolute Gasteiger partial charge is 0.480 e. The summed E-state index contributed by atoms with van der Waals surface area (Å²) in [4.78, 5) is 47.3. The molecule has 0 aliphatic rings. The molecular formula is C19H28N4O5. The van der Waals surface area contributed by atoms with E-state index in [1.807, 2.05) is 19.9 Å². The van der Waals surface area contributed by atoms with Gasteiger partial charge < -0.3 is 26.8 Å². The van der Waals surface area contributed by atoms with E-state index in [2.05, 4.69) is 16.0 Å². The molecule has 0 radical (unpaired) electrons. The summed E-state index contributed by atoms with van der Waals surface area (Å²) < 4.78 is 0. The number of rotatable bonds is 11. The number of carboxylic acid groups (broad SMARTS) is 1. The summed E-state index contributed by atoms with van der Waals surface area (Å²) in [5, 5.41) is 16.8. The van der Waals surface area contributed by atoms with Gasteiger partial charge in [0.2, 0.25) is 17.7 Å². The molecule has 0 heterocycles. The molecule has 0 aliphatic heterocycles. The summed E-state index contributed by atoms with van der Waals surface area (Å²) in [6.45, 7) is 3.19. The summed E-state index contributed by atoms with van der Waals surface area (Å²) in [6, 6.07) is 6.89. The third kappa shape index (κ3) is 8.63. The third-order valence-electron chi connectivity index (χ3n) is 3.89. The number of benzene rings is 1. The Morgan fingerprint density at radius 3 is 2.18 bits per heavy atom. The maximum absolute atomic E-state index is 12.6. The first kappa shape index (κ1) is 23.1. The van der Waals surface area contributed by atoms with Crippen molar-refractivity contribution >= 4 is 23.7 Å². The lowest BCUT2D eigenvalue weighted by Gasteiger charge is -2.23. The van der Waals surface area contributed by atoms with Crippen molar-refractivity contribution < 1.29 is 24.3 Å². The molecular weight excluding hydrogens is 364 g/mol. The van der Waals surface area contributed by atoms with Gasteiger partial charge in [-0.3, -0.25) is 14.4 Å². The van der Waals surface area contributed by atoms with E-state index in [4.69, 9.17) is 5.73 Å². The summed E-state index contributed by atoms with van der Waals surface area (Å²) in [5.41, 5.74) is 5.92. The maximum atomic E-state index is 12.6. The Hall–Kier alpha value is -2.94. The van der Waals surface area contributed by atoms with E-state index in [1.165, 1.54) is 0 Å². The molecule has 2 atom stereocenters. The minimum absolute atomic E-state index is 0.0760. The van der Waals surface area contributed by atoms with Crippen LogP contribution in [0.3, 0.4) is 0 Å². The van der Waals surface area contributed by atoms with Gasteiger partial charge in [0.25, 0.3) is 0 Å². The highest BCUT2D eigenvalue weighted by atomic mass is 16.4. The lowest BCUT2D eigenvalue weighted by molar-refractivity contribution is -0.142. The Kier molecular flexibility index (Phi) is 9.66. The van der Waals surface area contributed by atoms with Crippen molar-refractivity contribution in [3.05, 3.63) is 35.9 Å². The number of nitrogens with two attached hydrogens (primary N) is 1. The summed E-state index contributed by atoms with van der Waals surface area (Å²) in [5.74, 6) is -2.73. The van der Waals surface area contributed by atoms with Crippen LogP contribution in [0.15, 0.2) is 30.3 Å². The Morgan fingerprint density at radius 2 is 1.64 bits per heavy atom. The Balaban J connectivity index is 2.76. The summed E-state index contributed by atoms with van der Waals surface area (Å²) in [7, 11) is 0. The second-order valence-electron chi connectivity index (χ2n) is 6.82. The molecule has 28 heavy (non-hydrogen) atoms. The third-order valence-corrected chi connectivity index (χ3v) is 3.89. The molecule has 9 heteroatoms. The number of nitrogens with one attached hydrogen (secondary N) is 3. The minimum Gasteiger partial charge on any atom is -0.480 e. The Bertz CT molecular complexity index is 678. The number of carbonyl (C=O) groups is 4. The fourth-order valence-corrected chi connectivity index (χ4v) is 2.52. The predicted molar refractivity (Wildman–Crippen MR) is 103 cm³/mol. The van der Waals surface area contributed by atoms with E-state index in [0.717, 1.165) is 5.56 Å². The van der Waals surface area contributed by atoms with E-state index in [9.17, 15) is 24.3 Å². The number of carbonyl (C=O) groups excluding carboxylic acids is 3. The zero-order valence-electron chi connectivity index (χ0n) is 16.1. The monoisotopic (exact) mass is 392 g/mol. The molecule has 154 valence electrons. The van der Waals surface area contributed by atoms with Crippen LogP contribution in [0.25, 0.3) is 0 Å². The molecule has 1 aromatic carbocycles. The second-order valence-corrected chi connectivity index (χ2v) is 6.82. The predicted octanol–water partition coefficient (Wildman–Crippen LogP) is -0.596. The topological polar surface area (TPSA) is 151 Å². The minimum atomic E-state index is -1.16. The van der Waals surface area contributed by atoms with Crippen LogP contribution in [0.1, 0.15) is 25.8 Å². The van der Waals surface area contributed by atoms with E-state index in [0.29, 0.717) is 6.42 Å². The van der Waals surface area contributed by atoms with Gasteiger partial charge in [-0.05, 0) is 17.9 Å². The van der Waals surface area contributed by atoms with Crippen molar-refractivity contribution in [2.24, 2.45) is 11.7 Å². The average molecular weight is 392 g/mol. The molecule has 0 fully saturated rings. The van der Waals surface area contributed by atoms with Crippen LogP contribution in [0.2, 0.25) is 0 Å². The standard InChI is InChI=1S/C19H28N4O5/c1-12(2)8-14(22-17(25)11-21-16(24)10-20)18(26)23-15(19(27)28)9-13-6-4-3-5-7-13/h3-7,12,14-15H,8-11,20H2,1-2H3,(H,21,24)(H,22,25)(H,23,26)(H,27,28)/t14-,15-/m0/s1. The normalized spacial score (nSPS) is 12.7. The molecule has 0 aliphatic carbocycles. The summed E-state index contributed by atoms with van der Waals surface area (Å²) in [6.07, 6.45) is 0.441. The quantitative estimate of drug-likeness (QED) is 0.339. The highest BCUT2D eigenvalue weighted by molar-refractivity contribution is 5.92. The van der Waals surface area contributed by atoms with Gasteiger partial charge in [0.05, 0.1) is 13.1 Å². The first-order chi connectivity index (χ1) is 13.2. The Morgan fingerprint density at radius 1 is 1.00 bits per heavy atom. The van der Waals surface area contributed by atoms with Crippen molar-refractivity contribution in [2.75, 3.05) is 13.1 Å². The van der Waals surface area contributed by atoms with Gasteiger partial charge in [-0.1, -0.05) is 44.2 Å². The lowest BCUT2D eigenvalue weighted by Crippen LogP contribution is -2.54. The first-order valence-electron chi connectivity index (χ1n) is 9.06. The molecule has 3 amide bonds. The lowest BCUT2D eigenvalue weighted by atomic mass is 10.0. The van der Waals surface area contributed by atoms with Crippen LogP contribution in [-0.4, -0.2) is 54.0 Å². The van der Waals surface area contributed by atoms with Gasteiger partial charge in [-0.15, -0.1) is 0 Å². The molecule has 9 nitrogen and oxygen atoms in total. The van der Waals surface area contributed by atoms with Crippen molar-refractivity contribution in [2.45, 2.75) is 38.8 Å². The van der Waals surface area contributed by atoms with Gasteiger partial charge in [0.15, 0.2) is 0 Å². The van der Waals surface area contributed by atoms with Crippen LogP contribution >= 0.6 is 0 Å². The molecule has 0 aromatic heterocycles. The van der Waals surface area contributed by atoms with Gasteiger partial charge in [0, 0.05) is 6.42 Å². The van der Waals surface area contributed by atoms with Gasteiger partial charge in [-0.2, -0.15) is 0 Å². The van der Waals surface area contributed by atoms with Crippen LogP contribution in [0.4, 0.5) is 0 Å². The summed E-state index contributed by atoms with van der Waals surface area (Å²) >= 11 is 0. The van der Waals surface area contributed by atoms with Crippen LogP contribution in [-0.2, 0) is 25.6 Å². The fourth-order valence-electron chi connectivity index (χ4n) is 2.52. The second kappa shape index (κ2) is 11.7. The van der Waals surface area contributed by atoms with Gasteiger partial charge in [0.1, 0.15) is 12.1 Å². The average Bonchev–Trinajstić information content (AvgIpc) is 2.65. The number of aliphatic carboxylic acids is 1. The van der Waals surface area contributed by atoms with E-state index in [1.54, 1.807) is 24.3 Å². The van der Waals surface area contributed by atoms with Crippen LogP contribution < -0.4 is 21.7 Å². The molecule has 0 spiro atoms. The molecule has 0 bridgehead atoms. The van der Waals surface area contributed by atoms with Gasteiger partial charge >= 0.3 is 5.97 Å². The highest BCUT2D eigenvalue weighted by Gasteiger charge is 2.27. The van der Waals surface area contributed by atoms with E-state index < -0.39 is 35.8 Å². The van der Waals surface area contributed by atoms with Crippen LogP contribution in [0.5, 0.6) is 0 Å². The van der Waals surface area contributed by atoms with Crippen molar-refractivity contribution in [1.82, 2.24) is 16.0 Å². The SMILES string of the molecule is CC(C)C[C@H](NC(=O)CNC(=O)CN)C(=O)N[C@@H](Cc1ccccc1)C(=O)O. The Labute approximate surface area is 164 Å². The molecule has 0 unspecified atom stereocenters. The van der Waals surface area contributed by atoms with E-state index >= 15 is 0 Å². The van der Waals surface area contributed by atoms with Gasteiger partial charge in [-0.25, -0.2) is 4.79 Å². The number of hydrogen-bond acceptors (Lipinski definition) is 5. The zero-order valence-corrected chi connectivity index (χ0v) is 16.1. The van der Waals surface area contributed by atoms with Crippen molar-refractivity contribution in [3.63, 3.8) is 0 Å². The van der Waals surface area contributed by atoms with Crippen LogP contribution in [0, 0.1) is 5.92 Å². The molecule has 6 N–H and O–H groups in total. The van der Waals surface area contributed by atoms with Crippen molar-refractivity contribution in [3.8, 4) is 0 Å². The molecule has 1 aromatic rings. The highest BCUT2D eigenvalue weighted by Crippen LogP contribution is 2.08. The molecule has 1 rings (SSSR count).